The molecule has 94 valence electrons. The Kier molecular flexibility index (Phi) is 4.30. The molecule has 2 N–H and O–H groups in total. The zero-order valence-corrected chi connectivity index (χ0v) is 11.1. The van der Waals surface area contributed by atoms with Gasteiger partial charge < -0.3 is 10.5 Å². The maximum atomic E-state index is 6.25. The molecule has 1 aromatic rings. The summed E-state index contributed by atoms with van der Waals surface area (Å²) in [5.41, 5.74) is 7.92. The number of aryl methyl sites for hydroxylation is 1. The summed E-state index contributed by atoms with van der Waals surface area (Å²) in [7, 11) is 0. The molecule has 0 atom stereocenters. The van der Waals surface area contributed by atoms with E-state index in [2.05, 4.69) is 6.07 Å². The van der Waals surface area contributed by atoms with Gasteiger partial charge in [0.05, 0.1) is 11.6 Å². The molecule has 3 heteroatoms. The van der Waals surface area contributed by atoms with Crippen LogP contribution in [0.4, 0.5) is 0 Å². The van der Waals surface area contributed by atoms with Crippen LogP contribution < -0.4 is 10.5 Å². The van der Waals surface area contributed by atoms with Gasteiger partial charge in [-0.2, -0.15) is 0 Å². The number of halogens is 1. The fraction of sp³-hybridized carbons (Fsp3) is 0.571. The van der Waals surface area contributed by atoms with Gasteiger partial charge in [-0.25, -0.2) is 0 Å². The van der Waals surface area contributed by atoms with Crippen molar-refractivity contribution in [2.75, 3.05) is 13.2 Å². The van der Waals surface area contributed by atoms with Crippen molar-refractivity contribution in [2.45, 2.75) is 32.6 Å². The van der Waals surface area contributed by atoms with Crippen molar-refractivity contribution in [3.8, 4) is 5.75 Å². The second kappa shape index (κ2) is 5.74. The van der Waals surface area contributed by atoms with Gasteiger partial charge in [0, 0.05) is 0 Å². The van der Waals surface area contributed by atoms with Crippen molar-refractivity contribution in [2.24, 2.45) is 11.7 Å². The van der Waals surface area contributed by atoms with E-state index in [4.69, 9.17) is 22.1 Å². The van der Waals surface area contributed by atoms with Crippen molar-refractivity contribution in [3.63, 3.8) is 0 Å². The molecule has 0 aromatic heterocycles. The second-order valence-electron chi connectivity index (χ2n) is 4.88. The third-order valence-corrected chi connectivity index (χ3v) is 3.65. The summed E-state index contributed by atoms with van der Waals surface area (Å²) in [6.45, 7) is 3.46. The van der Waals surface area contributed by atoms with E-state index in [-0.39, 0.29) is 0 Å². The molecule has 1 aliphatic carbocycles. The largest absolute Gasteiger partial charge is 0.491 e. The molecule has 1 saturated carbocycles. The van der Waals surface area contributed by atoms with Gasteiger partial charge in [0.1, 0.15) is 5.75 Å². The summed E-state index contributed by atoms with van der Waals surface area (Å²) in [5.74, 6) is 1.56. The fourth-order valence-corrected chi connectivity index (χ4v) is 2.51. The van der Waals surface area contributed by atoms with E-state index >= 15 is 0 Å². The monoisotopic (exact) mass is 253 g/mol. The van der Waals surface area contributed by atoms with Crippen LogP contribution in [0.1, 0.15) is 30.4 Å². The third-order valence-electron chi connectivity index (χ3n) is 3.37. The van der Waals surface area contributed by atoms with E-state index in [1.54, 1.807) is 0 Å². The van der Waals surface area contributed by atoms with Crippen molar-refractivity contribution in [1.29, 1.82) is 0 Å². The topological polar surface area (TPSA) is 35.2 Å². The Hall–Kier alpha value is -0.730. The molecule has 0 bridgehead atoms. The first-order valence-electron chi connectivity index (χ1n) is 6.32. The minimum atomic E-state index is 0.625. The molecule has 0 amide bonds. The van der Waals surface area contributed by atoms with Gasteiger partial charge in [0.2, 0.25) is 0 Å². The third kappa shape index (κ3) is 3.14. The summed E-state index contributed by atoms with van der Waals surface area (Å²) in [6.07, 6.45) is 4.73. The quantitative estimate of drug-likeness (QED) is 0.874. The number of ether oxygens (including phenoxy) is 1. The average molecular weight is 254 g/mol. The normalized spacial score (nSPS) is 15.7. The van der Waals surface area contributed by atoms with Crippen molar-refractivity contribution >= 4 is 11.6 Å². The lowest BCUT2D eigenvalue weighted by Crippen LogP contribution is -2.20. The molecule has 0 radical (unpaired) electrons. The molecule has 0 aliphatic heterocycles. The predicted molar refractivity (Wildman–Crippen MR) is 71.8 cm³/mol. The highest BCUT2D eigenvalue weighted by atomic mass is 35.5. The van der Waals surface area contributed by atoms with E-state index in [0.717, 1.165) is 35.8 Å². The van der Waals surface area contributed by atoms with Crippen LogP contribution in [0.5, 0.6) is 5.75 Å². The van der Waals surface area contributed by atoms with E-state index in [1.165, 1.54) is 19.3 Å². The number of nitrogens with two attached hydrogens (primary N) is 1. The minimum absolute atomic E-state index is 0.625. The zero-order valence-electron chi connectivity index (χ0n) is 10.3. The smallest absolute Gasteiger partial charge is 0.141 e. The Morgan fingerprint density at radius 1 is 1.41 bits per heavy atom. The van der Waals surface area contributed by atoms with Crippen LogP contribution in [-0.4, -0.2) is 13.2 Å². The Balaban J connectivity index is 2.11. The summed E-state index contributed by atoms with van der Waals surface area (Å²) in [6, 6.07) is 4.08. The Morgan fingerprint density at radius 2 is 2.18 bits per heavy atom. The molecule has 0 heterocycles. The maximum absolute atomic E-state index is 6.25. The van der Waals surface area contributed by atoms with Crippen molar-refractivity contribution in [3.05, 3.63) is 28.3 Å². The van der Waals surface area contributed by atoms with Gasteiger partial charge in [-0.05, 0) is 55.8 Å². The van der Waals surface area contributed by atoms with Gasteiger partial charge >= 0.3 is 0 Å². The van der Waals surface area contributed by atoms with Crippen LogP contribution in [0.25, 0.3) is 0 Å². The van der Waals surface area contributed by atoms with Gasteiger partial charge in [0.25, 0.3) is 0 Å². The summed E-state index contributed by atoms with van der Waals surface area (Å²) < 4.78 is 5.89. The van der Waals surface area contributed by atoms with Crippen LogP contribution in [0.2, 0.25) is 5.02 Å². The van der Waals surface area contributed by atoms with Crippen LogP contribution >= 0.6 is 11.6 Å². The van der Waals surface area contributed by atoms with Crippen molar-refractivity contribution < 1.29 is 4.74 Å². The highest BCUT2D eigenvalue weighted by molar-refractivity contribution is 6.32. The van der Waals surface area contributed by atoms with Gasteiger partial charge in [0.15, 0.2) is 0 Å². The van der Waals surface area contributed by atoms with E-state index in [9.17, 15) is 0 Å². The first-order chi connectivity index (χ1) is 8.20. The van der Waals surface area contributed by atoms with Gasteiger partial charge in [-0.15, -0.1) is 0 Å². The van der Waals surface area contributed by atoms with E-state index in [0.29, 0.717) is 11.6 Å². The SMILES string of the molecule is Cc1cc(Cl)c(OCC2CCC2)c(CCN)c1. The lowest BCUT2D eigenvalue weighted by molar-refractivity contribution is 0.179. The molecule has 1 aromatic carbocycles. The van der Waals surface area contributed by atoms with E-state index in [1.807, 2.05) is 13.0 Å². The number of rotatable bonds is 5. The Morgan fingerprint density at radius 3 is 2.76 bits per heavy atom. The van der Waals surface area contributed by atoms with Crippen LogP contribution in [0.3, 0.4) is 0 Å². The maximum Gasteiger partial charge on any atom is 0.141 e. The molecule has 1 fully saturated rings. The summed E-state index contributed by atoms with van der Waals surface area (Å²) in [5, 5.41) is 0.716. The fourth-order valence-electron chi connectivity index (χ4n) is 2.16. The first kappa shape index (κ1) is 12.7. The van der Waals surface area contributed by atoms with E-state index < -0.39 is 0 Å². The minimum Gasteiger partial charge on any atom is -0.491 e. The summed E-state index contributed by atoms with van der Waals surface area (Å²) in [4.78, 5) is 0. The molecule has 17 heavy (non-hydrogen) atoms. The first-order valence-corrected chi connectivity index (χ1v) is 6.70. The molecule has 2 rings (SSSR count). The van der Waals surface area contributed by atoms with Crippen LogP contribution in [0, 0.1) is 12.8 Å². The molecule has 0 saturated heterocycles. The number of hydrogen-bond donors (Lipinski definition) is 1. The molecular weight excluding hydrogens is 234 g/mol. The molecule has 0 unspecified atom stereocenters. The van der Waals surface area contributed by atoms with Gasteiger partial charge in [-0.3, -0.25) is 0 Å². The molecule has 0 spiro atoms. The zero-order chi connectivity index (χ0) is 12.3. The van der Waals surface area contributed by atoms with Crippen LogP contribution in [-0.2, 0) is 6.42 Å². The molecule has 2 nitrogen and oxygen atoms in total. The molecular formula is C14H20ClNO. The van der Waals surface area contributed by atoms with Gasteiger partial charge in [-0.1, -0.05) is 24.1 Å². The standard InChI is InChI=1S/C14H20ClNO/c1-10-7-12(5-6-16)14(13(15)8-10)17-9-11-3-2-4-11/h7-8,11H,2-6,9,16H2,1H3. The average Bonchev–Trinajstić information content (AvgIpc) is 2.19. The van der Waals surface area contributed by atoms with Crippen LogP contribution in [0.15, 0.2) is 12.1 Å². The predicted octanol–water partition coefficient (Wildman–Crippen LogP) is 3.33. The number of hydrogen-bond acceptors (Lipinski definition) is 2. The lowest BCUT2D eigenvalue weighted by atomic mass is 9.86. The highest BCUT2D eigenvalue weighted by Crippen LogP contribution is 2.33. The lowest BCUT2D eigenvalue weighted by Gasteiger charge is -2.26. The second-order valence-corrected chi connectivity index (χ2v) is 5.29. The highest BCUT2D eigenvalue weighted by Gasteiger charge is 2.19. The number of benzene rings is 1. The summed E-state index contributed by atoms with van der Waals surface area (Å²) >= 11 is 6.25. The van der Waals surface area contributed by atoms with Crippen molar-refractivity contribution in [1.82, 2.24) is 0 Å². The molecule has 1 aliphatic rings. The Bertz CT molecular complexity index is 388. The Labute approximate surface area is 108 Å².